The molecule has 154 valence electrons. The number of nitrogens with zero attached hydrogens (tertiary/aromatic N) is 1. The molecule has 1 N–H and O–H groups in total. The Morgan fingerprint density at radius 2 is 1.93 bits per heavy atom. The Hall–Kier alpha value is -3.61. The van der Waals surface area contributed by atoms with Crippen LogP contribution in [0.15, 0.2) is 52.3 Å². The van der Waals surface area contributed by atoms with Gasteiger partial charge in [0, 0.05) is 17.5 Å². The number of anilines is 1. The highest BCUT2D eigenvalue weighted by atomic mass is 19.1. The maximum Gasteiger partial charge on any atom is 0.366 e. The minimum atomic E-state index is -0.799. The van der Waals surface area contributed by atoms with Crippen LogP contribution in [0, 0.1) is 12.7 Å². The molecule has 0 aliphatic carbocycles. The van der Waals surface area contributed by atoms with Gasteiger partial charge in [0.25, 0.3) is 5.91 Å². The minimum Gasteiger partial charge on any atom is -0.319 e. The van der Waals surface area contributed by atoms with E-state index in [1.165, 1.54) is 24.3 Å². The number of hydrogen-bond donors (Lipinski definition) is 1. The Balaban J connectivity index is 1.81. The summed E-state index contributed by atoms with van der Waals surface area (Å²) < 4.78 is 18.4. The van der Waals surface area contributed by atoms with E-state index in [0.29, 0.717) is 33.3 Å². The molecule has 1 aromatic heterocycles. The largest absolute Gasteiger partial charge is 0.366 e. The van der Waals surface area contributed by atoms with Crippen molar-refractivity contribution in [1.82, 2.24) is 5.16 Å². The van der Waals surface area contributed by atoms with Gasteiger partial charge in [-0.2, -0.15) is 0 Å². The smallest absolute Gasteiger partial charge is 0.319 e. The van der Waals surface area contributed by atoms with Gasteiger partial charge in [-0.1, -0.05) is 37.7 Å². The van der Waals surface area contributed by atoms with Gasteiger partial charge in [-0.25, -0.2) is 9.18 Å². The van der Waals surface area contributed by atoms with Crippen LogP contribution < -0.4 is 10.9 Å². The molecule has 7 heteroatoms. The van der Waals surface area contributed by atoms with Crippen molar-refractivity contribution in [2.75, 3.05) is 5.32 Å². The van der Waals surface area contributed by atoms with E-state index in [1.54, 1.807) is 39.0 Å². The molecule has 1 heterocycles. The number of halogens is 1. The molecule has 0 aliphatic heterocycles. The first-order chi connectivity index (χ1) is 14.1. The van der Waals surface area contributed by atoms with Crippen LogP contribution in [0.2, 0.25) is 0 Å². The fraction of sp³-hybridized carbons (Fsp3) is 0.217. The van der Waals surface area contributed by atoms with Crippen LogP contribution in [0.25, 0.3) is 16.8 Å². The normalized spacial score (nSPS) is 11.3. The first kappa shape index (κ1) is 21.1. The van der Waals surface area contributed by atoms with E-state index >= 15 is 0 Å². The Bertz CT molecular complexity index is 1230. The molecule has 0 fully saturated rings. The van der Waals surface area contributed by atoms with Crippen molar-refractivity contribution in [1.29, 1.82) is 0 Å². The van der Waals surface area contributed by atoms with Gasteiger partial charge in [0.05, 0.1) is 11.1 Å². The summed E-state index contributed by atoms with van der Waals surface area (Å²) in [5, 5.41) is 7.06. The summed E-state index contributed by atoms with van der Waals surface area (Å²) in [6.07, 6.45) is 1.46. The Kier molecular flexibility index (Phi) is 5.64. The lowest BCUT2D eigenvalue weighted by atomic mass is 9.77. The second-order valence-corrected chi connectivity index (χ2v) is 7.69. The highest BCUT2D eigenvalue weighted by molar-refractivity contribution is 6.40. The number of carbonyl (C=O) groups excluding carboxylic acids is 2. The number of fused-ring (bicyclic) bond motifs is 1. The fourth-order valence-corrected chi connectivity index (χ4v) is 3.38. The molecule has 1 amide bonds. The second kappa shape index (κ2) is 8.02. The van der Waals surface area contributed by atoms with Crippen molar-refractivity contribution < 1.29 is 18.5 Å². The lowest BCUT2D eigenvalue weighted by molar-refractivity contribution is -0.135. The summed E-state index contributed by atoms with van der Waals surface area (Å²) in [7, 11) is 0. The number of amides is 1. The molecule has 6 nitrogen and oxygen atoms in total. The molecule has 2 aromatic carbocycles. The van der Waals surface area contributed by atoms with Gasteiger partial charge < -0.3 is 9.84 Å². The van der Waals surface area contributed by atoms with Gasteiger partial charge >= 0.3 is 5.63 Å². The Morgan fingerprint density at radius 1 is 1.20 bits per heavy atom. The highest BCUT2D eigenvalue weighted by Crippen LogP contribution is 2.31. The van der Waals surface area contributed by atoms with Crippen molar-refractivity contribution in [3.63, 3.8) is 0 Å². The molecule has 0 aliphatic rings. The lowest BCUT2D eigenvalue weighted by Crippen LogP contribution is -2.30. The molecule has 30 heavy (non-hydrogen) atoms. The van der Waals surface area contributed by atoms with Crippen LogP contribution in [0.1, 0.15) is 37.1 Å². The minimum absolute atomic E-state index is 0.124. The van der Waals surface area contributed by atoms with Gasteiger partial charge in [-0.15, -0.1) is 0 Å². The molecule has 0 saturated heterocycles. The third-order valence-corrected chi connectivity index (χ3v) is 4.97. The summed E-state index contributed by atoms with van der Waals surface area (Å²) >= 11 is 0. The van der Waals surface area contributed by atoms with E-state index in [-0.39, 0.29) is 6.42 Å². The zero-order valence-corrected chi connectivity index (χ0v) is 16.9. The monoisotopic (exact) mass is 408 g/mol. The number of hydrogen-bond acceptors (Lipinski definition) is 5. The average Bonchev–Trinajstić information content (AvgIpc) is 2.70. The lowest BCUT2D eigenvalue weighted by Gasteiger charge is -2.26. The van der Waals surface area contributed by atoms with Crippen LogP contribution in [0.4, 0.5) is 10.1 Å². The molecule has 0 atom stereocenters. The predicted octanol–water partition coefficient (Wildman–Crippen LogP) is 4.15. The first-order valence-electron chi connectivity index (χ1n) is 9.29. The number of aromatic nitrogens is 1. The van der Waals surface area contributed by atoms with Crippen LogP contribution >= 0.6 is 0 Å². The maximum atomic E-state index is 13.8. The maximum absolute atomic E-state index is 13.8. The van der Waals surface area contributed by atoms with Gasteiger partial charge in [0.15, 0.2) is 0 Å². The van der Waals surface area contributed by atoms with Crippen molar-refractivity contribution in [2.24, 2.45) is 0 Å². The van der Waals surface area contributed by atoms with E-state index < -0.39 is 28.5 Å². The summed E-state index contributed by atoms with van der Waals surface area (Å²) in [4.78, 5) is 36.8. The molecule has 0 unspecified atom stereocenters. The summed E-state index contributed by atoms with van der Waals surface area (Å²) in [5.41, 5.74) is 0.758. The van der Waals surface area contributed by atoms with Crippen LogP contribution in [0.5, 0.6) is 0 Å². The van der Waals surface area contributed by atoms with Crippen molar-refractivity contribution in [3.05, 3.63) is 76.0 Å². The third-order valence-electron chi connectivity index (χ3n) is 4.97. The molecule has 0 bridgehead atoms. The molecule has 0 saturated carbocycles. The molecule has 0 spiro atoms. The molecule has 0 radical (unpaired) electrons. The van der Waals surface area contributed by atoms with Gasteiger partial charge in [0.1, 0.15) is 5.82 Å². The van der Waals surface area contributed by atoms with E-state index in [0.717, 1.165) is 0 Å². The van der Waals surface area contributed by atoms with E-state index in [9.17, 15) is 18.8 Å². The number of ketones is 1. The Morgan fingerprint density at radius 3 is 2.63 bits per heavy atom. The zero-order chi connectivity index (χ0) is 22.1. The quantitative estimate of drug-likeness (QED) is 0.619. The third kappa shape index (κ3) is 4.20. The molecular formula is C23H21FN2O4. The molecule has 3 aromatic rings. The van der Waals surface area contributed by atoms with E-state index in [2.05, 4.69) is 21.6 Å². The van der Waals surface area contributed by atoms with Gasteiger partial charge in [0.2, 0.25) is 5.78 Å². The predicted molar refractivity (Wildman–Crippen MR) is 113 cm³/mol. The number of nitrogens with one attached hydrogen (secondary N) is 1. The van der Waals surface area contributed by atoms with Crippen molar-refractivity contribution >= 4 is 34.2 Å². The van der Waals surface area contributed by atoms with Crippen LogP contribution in [-0.2, 0) is 15.0 Å². The first-order valence-corrected chi connectivity index (χ1v) is 9.29. The van der Waals surface area contributed by atoms with Crippen molar-refractivity contribution in [2.45, 2.75) is 32.6 Å². The summed E-state index contributed by atoms with van der Waals surface area (Å²) in [5.74, 6) is -1.88. The SMILES string of the molecule is C=Cc1ccc(F)cc1C(C)(C)CC(=O)C(=O)Nc1ccc2c(=O)onc(C)c2c1. The number of Topliss-reactive ketones (excluding diaryl/α,β-unsaturated/α-hetero) is 1. The number of benzene rings is 2. The van der Waals surface area contributed by atoms with Crippen molar-refractivity contribution in [3.8, 4) is 0 Å². The number of aryl methyl sites for hydroxylation is 1. The van der Waals surface area contributed by atoms with Gasteiger partial charge in [-0.05, 0) is 53.8 Å². The van der Waals surface area contributed by atoms with Gasteiger partial charge in [-0.3, -0.25) is 9.59 Å². The fourth-order valence-electron chi connectivity index (χ4n) is 3.38. The van der Waals surface area contributed by atoms with Crippen LogP contribution in [0.3, 0.4) is 0 Å². The molecule has 3 rings (SSSR count). The molecular weight excluding hydrogens is 387 g/mol. The highest BCUT2D eigenvalue weighted by Gasteiger charge is 2.29. The summed E-state index contributed by atoms with van der Waals surface area (Å²) in [6.45, 7) is 8.93. The van der Waals surface area contributed by atoms with E-state index in [4.69, 9.17) is 0 Å². The second-order valence-electron chi connectivity index (χ2n) is 7.69. The Labute approximate surface area is 172 Å². The number of carbonyl (C=O) groups is 2. The summed E-state index contributed by atoms with van der Waals surface area (Å²) in [6, 6.07) is 8.84. The number of rotatable bonds is 6. The average molecular weight is 408 g/mol. The zero-order valence-electron chi connectivity index (χ0n) is 16.9. The van der Waals surface area contributed by atoms with Crippen LogP contribution in [-0.4, -0.2) is 16.8 Å². The topological polar surface area (TPSA) is 89.3 Å². The standard InChI is InChI=1S/C23H21FN2O4/c1-5-14-6-7-15(24)10-19(14)23(3,4)12-20(27)21(28)25-16-8-9-17-18(11-16)13(2)26-30-22(17)29/h5-11H,1,12H2,2-4H3,(H,25,28). The van der Waals surface area contributed by atoms with E-state index in [1.807, 2.05) is 0 Å².